The number of amides is 1. The van der Waals surface area contributed by atoms with Crippen molar-refractivity contribution >= 4 is 30.0 Å². The Kier molecular flexibility index (Phi) is 10.8. The van der Waals surface area contributed by atoms with Crippen LogP contribution >= 0.6 is 12.4 Å². The molecular formula is C15H23ClN2O5. The van der Waals surface area contributed by atoms with Crippen molar-refractivity contribution in [3.05, 3.63) is 23.8 Å². The van der Waals surface area contributed by atoms with Gasteiger partial charge in [0.15, 0.2) is 6.61 Å². The van der Waals surface area contributed by atoms with Gasteiger partial charge in [0.2, 0.25) is 5.91 Å². The van der Waals surface area contributed by atoms with Gasteiger partial charge in [-0.05, 0) is 30.7 Å². The molecule has 1 amide bonds. The van der Waals surface area contributed by atoms with E-state index in [4.69, 9.17) is 9.47 Å². The Hall–Kier alpha value is -1.83. The van der Waals surface area contributed by atoms with Gasteiger partial charge in [0.1, 0.15) is 5.75 Å². The lowest BCUT2D eigenvalue weighted by atomic mass is 10.2. The van der Waals surface area contributed by atoms with Crippen LogP contribution in [0.2, 0.25) is 0 Å². The number of carbonyl (C=O) groups is 2. The topological polar surface area (TPSA) is 85.9 Å². The highest BCUT2D eigenvalue weighted by atomic mass is 35.5. The summed E-state index contributed by atoms with van der Waals surface area (Å²) < 4.78 is 14.7. The summed E-state index contributed by atoms with van der Waals surface area (Å²) in [7, 11) is 2.91. The monoisotopic (exact) mass is 346 g/mol. The summed E-state index contributed by atoms with van der Waals surface area (Å²) in [4.78, 5) is 22.8. The molecule has 0 aliphatic carbocycles. The van der Waals surface area contributed by atoms with Gasteiger partial charge >= 0.3 is 5.97 Å². The minimum Gasteiger partial charge on any atom is -0.482 e. The molecule has 0 saturated carbocycles. The molecule has 0 unspecified atom stereocenters. The first-order chi connectivity index (χ1) is 10.6. The Bertz CT molecular complexity index is 511. The van der Waals surface area contributed by atoms with Gasteiger partial charge in [0, 0.05) is 19.3 Å². The van der Waals surface area contributed by atoms with E-state index in [9.17, 15) is 9.59 Å². The third kappa shape index (κ3) is 8.39. The van der Waals surface area contributed by atoms with Gasteiger partial charge in [-0.15, -0.1) is 12.4 Å². The fourth-order valence-corrected chi connectivity index (χ4v) is 1.64. The minimum absolute atomic E-state index is 0. The van der Waals surface area contributed by atoms with E-state index in [1.54, 1.807) is 25.3 Å². The highest BCUT2D eigenvalue weighted by Crippen LogP contribution is 2.21. The van der Waals surface area contributed by atoms with Gasteiger partial charge in [0.05, 0.1) is 20.3 Å². The summed E-state index contributed by atoms with van der Waals surface area (Å²) in [6.07, 6.45) is 0. The number of methoxy groups -OCH3 is 2. The number of halogens is 1. The smallest absolute Gasteiger partial charge is 0.343 e. The van der Waals surface area contributed by atoms with Gasteiger partial charge in [-0.2, -0.15) is 0 Å². The van der Waals surface area contributed by atoms with Crippen LogP contribution in [-0.2, 0) is 19.1 Å². The number of carbonyl (C=O) groups excluding carboxylic acids is 2. The van der Waals surface area contributed by atoms with Gasteiger partial charge in [0.25, 0.3) is 0 Å². The van der Waals surface area contributed by atoms with E-state index in [-0.39, 0.29) is 31.5 Å². The summed E-state index contributed by atoms with van der Waals surface area (Å²) in [6, 6.07) is 5.16. The zero-order valence-electron chi connectivity index (χ0n) is 13.5. The van der Waals surface area contributed by atoms with Crippen molar-refractivity contribution < 1.29 is 23.8 Å². The summed E-state index contributed by atoms with van der Waals surface area (Å²) in [6.45, 7) is 3.08. The highest BCUT2D eigenvalue weighted by molar-refractivity contribution is 5.93. The molecule has 0 atom stereocenters. The fourth-order valence-electron chi connectivity index (χ4n) is 1.64. The first kappa shape index (κ1) is 21.2. The molecule has 0 bridgehead atoms. The predicted molar refractivity (Wildman–Crippen MR) is 89.3 cm³/mol. The number of nitrogens with one attached hydrogen (secondary N) is 2. The van der Waals surface area contributed by atoms with Crippen LogP contribution in [0.4, 0.5) is 5.69 Å². The van der Waals surface area contributed by atoms with E-state index >= 15 is 0 Å². The molecule has 0 aliphatic heterocycles. The Balaban J connectivity index is 0.00000484. The standard InChI is InChI=1S/C15H22N2O5.ClH/c1-11-8-12(22-10-15(19)21-3)4-5-13(11)17-14(18)9-16-6-7-20-2;/h4-5,8,16H,6-7,9-10H2,1-3H3,(H,17,18);1H. The lowest BCUT2D eigenvalue weighted by molar-refractivity contribution is -0.142. The van der Waals surface area contributed by atoms with Crippen molar-refractivity contribution in [1.82, 2.24) is 5.32 Å². The van der Waals surface area contributed by atoms with Gasteiger partial charge in [-0.3, -0.25) is 4.79 Å². The van der Waals surface area contributed by atoms with Crippen LogP contribution in [0.15, 0.2) is 18.2 Å². The summed E-state index contributed by atoms with van der Waals surface area (Å²) >= 11 is 0. The van der Waals surface area contributed by atoms with E-state index in [2.05, 4.69) is 15.4 Å². The lowest BCUT2D eigenvalue weighted by Gasteiger charge is -2.11. The molecule has 0 aromatic heterocycles. The first-order valence-corrected chi connectivity index (χ1v) is 6.86. The molecule has 2 N–H and O–H groups in total. The largest absolute Gasteiger partial charge is 0.482 e. The molecule has 8 heteroatoms. The number of ether oxygens (including phenoxy) is 3. The molecule has 7 nitrogen and oxygen atoms in total. The van der Waals surface area contributed by atoms with E-state index in [0.717, 1.165) is 5.56 Å². The molecule has 0 fully saturated rings. The molecule has 23 heavy (non-hydrogen) atoms. The Morgan fingerprint density at radius 2 is 1.96 bits per heavy atom. The third-order valence-electron chi connectivity index (χ3n) is 2.82. The molecule has 0 radical (unpaired) electrons. The second-order valence-corrected chi connectivity index (χ2v) is 4.56. The Labute approximate surface area is 142 Å². The van der Waals surface area contributed by atoms with Crippen LogP contribution < -0.4 is 15.4 Å². The molecule has 1 aromatic rings. The normalized spacial score (nSPS) is 9.70. The van der Waals surface area contributed by atoms with Gasteiger partial charge < -0.3 is 24.8 Å². The minimum atomic E-state index is -0.447. The van der Waals surface area contributed by atoms with E-state index < -0.39 is 5.97 Å². The quantitative estimate of drug-likeness (QED) is 0.515. The molecule has 130 valence electrons. The second-order valence-electron chi connectivity index (χ2n) is 4.56. The van der Waals surface area contributed by atoms with Crippen molar-refractivity contribution in [2.75, 3.05) is 45.8 Å². The van der Waals surface area contributed by atoms with Crippen LogP contribution in [0.1, 0.15) is 5.56 Å². The molecule has 0 spiro atoms. The number of rotatable bonds is 9. The Morgan fingerprint density at radius 1 is 1.22 bits per heavy atom. The van der Waals surface area contributed by atoms with Crippen LogP contribution in [0.3, 0.4) is 0 Å². The van der Waals surface area contributed by atoms with Crippen LogP contribution in [-0.4, -0.2) is 52.4 Å². The SMILES string of the molecule is COCCNCC(=O)Nc1ccc(OCC(=O)OC)cc1C.Cl. The zero-order valence-corrected chi connectivity index (χ0v) is 14.3. The maximum absolute atomic E-state index is 11.8. The van der Waals surface area contributed by atoms with Crippen molar-refractivity contribution in [3.63, 3.8) is 0 Å². The molecule has 0 saturated heterocycles. The van der Waals surface area contributed by atoms with Crippen LogP contribution in [0.25, 0.3) is 0 Å². The van der Waals surface area contributed by atoms with Gasteiger partial charge in [-0.25, -0.2) is 4.79 Å². The number of aryl methyl sites for hydroxylation is 1. The number of benzene rings is 1. The average Bonchev–Trinajstić information content (AvgIpc) is 2.51. The maximum atomic E-state index is 11.8. The summed E-state index contributed by atoms with van der Waals surface area (Å²) in [5.74, 6) is -0.0429. The van der Waals surface area contributed by atoms with E-state index in [0.29, 0.717) is 24.6 Å². The fraction of sp³-hybridized carbons (Fsp3) is 0.467. The molecular weight excluding hydrogens is 324 g/mol. The number of hydrogen-bond donors (Lipinski definition) is 2. The zero-order chi connectivity index (χ0) is 16.4. The number of esters is 1. The van der Waals surface area contributed by atoms with Crippen molar-refractivity contribution in [2.24, 2.45) is 0 Å². The molecule has 1 aromatic carbocycles. The van der Waals surface area contributed by atoms with Gasteiger partial charge in [-0.1, -0.05) is 0 Å². The van der Waals surface area contributed by atoms with Crippen molar-refractivity contribution in [1.29, 1.82) is 0 Å². The predicted octanol–water partition coefficient (Wildman–Crippen LogP) is 1.14. The maximum Gasteiger partial charge on any atom is 0.343 e. The summed E-state index contributed by atoms with van der Waals surface area (Å²) in [5, 5.41) is 5.76. The molecule has 0 aliphatic rings. The number of hydrogen-bond acceptors (Lipinski definition) is 6. The average molecular weight is 347 g/mol. The highest BCUT2D eigenvalue weighted by Gasteiger charge is 2.07. The van der Waals surface area contributed by atoms with Crippen molar-refractivity contribution in [2.45, 2.75) is 6.92 Å². The third-order valence-corrected chi connectivity index (χ3v) is 2.82. The first-order valence-electron chi connectivity index (χ1n) is 6.86. The number of anilines is 1. The Morgan fingerprint density at radius 3 is 2.57 bits per heavy atom. The lowest BCUT2D eigenvalue weighted by Crippen LogP contribution is -2.30. The van der Waals surface area contributed by atoms with E-state index in [1.807, 2.05) is 6.92 Å². The van der Waals surface area contributed by atoms with Crippen LogP contribution in [0, 0.1) is 6.92 Å². The van der Waals surface area contributed by atoms with Crippen LogP contribution in [0.5, 0.6) is 5.75 Å². The second kappa shape index (κ2) is 11.7. The molecule has 1 rings (SSSR count). The summed E-state index contributed by atoms with van der Waals surface area (Å²) in [5.41, 5.74) is 1.54. The molecule has 0 heterocycles. The van der Waals surface area contributed by atoms with E-state index in [1.165, 1.54) is 7.11 Å². The van der Waals surface area contributed by atoms with Crippen molar-refractivity contribution in [3.8, 4) is 5.75 Å².